The first-order chi connectivity index (χ1) is 17.1. The number of nitrogens with zero attached hydrogens (tertiary/aromatic N) is 3. The molecule has 1 unspecified atom stereocenters. The molecule has 0 fully saturated rings. The molecule has 0 bridgehead atoms. The van der Waals surface area contributed by atoms with E-state index in [4.69, 9.17) is 26.2 Å². The number of methoxy groups -OCH3 is 2. The Labute approximate surface area is 219 Å². The fraction of sp³-hybridized carbons (Fsp3) is 0.346. The quantitative estimate of drug-likeness (QED) is 0.475. The molecule has 2 heterocycles. The number of amides is 1. The van der Waals surface area contributed by atoms with Crippen molar-refractivity contribution in [2.24, 2.45) is 0 Å². The number of aliphatic carboxylic acids is 1. The van der Waals surface area contributed by atoms with Gasteiger partial charge in [0.2, 0.25) is 5.91 Å². The average molecular weight is 530 g/mol. The smallest absolute Gasteiger partial charge is 0.323 e. The maximum atomic E-state index is 13.4. The molecular weight excluding hydrogens is 502 g/mol. The van der Waals surface area contributed by atoms with Gasteiger partial charge in [-0.2, -0.15) is 5.10 Å². The van der Waals surface area contributed by atoms with E-state index in [9.17, 15) is 14.7 Å². The third-order valence-corrected chi connectivity index (χ3v) is 7.45. The lowest BCUT2D eigenvalue weighted by atomic mass is 9.87. The number of carbonyl (C=O) groups is 2. The van der Waals surface area contributed by atoms with Gasteiger partial charge < -0.3 is 14.6 Å². The summed E-state index contributed by atoms with van der Waals surface area (Å²) in [6.07, 6.45) is 0. The SMILES string of the molecule is COc1ccc(OC)c(C2SCC(=O)N(CC(=O)O)c3c2c(C(C)(C)C)nn3-c2ccccc2Cl)c1. The van der Waals surface area contributed by atoms with Crippen LogP contribution in [0.1, 0.15) is 42.8 Å². The third kappa shape index (κ3) is 4.77. The first kappa shape index (κ1) is 25.9. The zero-order chi connectivity index (χ0) is 26.2. The minimum atomic E-state index is -1.12. The molecule has 0 aliphatic carbocycles. The second kappa shape index (κ2) is 10.1. The number of halogens is 1. The number of rotatable bonds is 6. The Kier molecular flexibility index (Phi) is 7.24. The molecule has 1 N–H and O–H groups in total. The first-order valence-electron chi connectivity index (χ1n) is 11.3. The molecule has 0 spiro atoms. The maximum absolute atomic E-state index is 13.4. The van der Waals surface area contributed by atoms with Crippen LogP contribution in [0.25, 0.3) is 5.69 Å². The molecule has 1 aliphatic heterocycles. The zero-order valence-electron chi connectivity index (χ0n) is 20.7. The molecule has 1 aromatic heterocycles. The van der Waals surface area contributed by atoms with Crippen LogP contribution in [0.2, 0.25) is 5.02 Å². The summed E-state index contributed by atoms with van der Waals surface area (Å²) in [5, 5.41) is 14.7. The van der Waals surface area contributed by atoms with E-state index >= 15 is 0 Å². The van der Waals surface area contributed by atoms with Gasteiger partial charge in [0.15, 0.2) is 0 Å². The lowest BCUT2D eigenvalue weighted by Crippen LogP contribution is -2.38. The molecule has 0 radical (unpaired) electrons. The van der Waals surface area contributed by atoms with E-state index in [1.165, 1.54) is 16.7 Å². The second-order valence-electron chi connectivity index (χ2n) is 9.37. The average Bonchev–Trinajstić information content (AvgIpc) is 3.17. The van der Waals surface area contributed by atoms with Gasteiger partial charge in [-0.15, -0.1) is 11.8 Å². The number of fused-ring (bicyclic) bond motifs is 1. The second-order valence-corrected chi connectivity index (χ2v) is 10.9. The van der Waals surface area contributed by atoms with Gasteiger partial charge in [0.05, 0.1) is 41.6 Å². The molecular formula is C26H28ClN3O5S. The van der Waals surface area contributed by atoms with Crippen LogP contribution in [-0.4, -0.2) is 53.3 Å². The van der Waals surface area contributed by atoms with Crippen molar-refractivity contribution in [2.45, 2.75) is 31.4 Å². The number of carboxylic acid groups (broad SMARTS) is 1. The van der Waals surface area contributed by atoms with E-state index in [1.54, 1.807) is 37.1 Å². The van der Waals surface area contributed by atoms with Crippen LogP contribution in [0.3, 0.4) is 0 Å². The van der Waals surface area contributed by atoms with Gasteiger partial charge in [0.1, 0.15) is 23.9 Å². The van der Waals surface area contributed by atoms with Crippen LogP contribution >= 0.6 is 23.4 Å². The Balaban J connectivity index is 2.12. The summed E-state index contributed by atoms with van der Waals surface area (Å²) in [7, 11) is 3.18. The zero-order valence-corrected chi connectivity index (χ0v) is 22.3. The van der Waals surface area contributed by atoms with Gasteiger partial charge in [-0.05, 0) is 30.3 Å². The minimum absolute atomic E-state index is 0.0685. The summed E-state index contributed by atoms with van der Waals surface area (Å²) >= 11 is 7.98. The van der Waals surface area contributed by atoms with Crippen LogP contribution in [-0.2, 0) is 15.0 Å². The molecule has 190 valence electrons. The lowest BCUT2D eigenvalue weighted by molar-refractivity contribution is -0.136. The number of hydrogen-bond acceptors (Lipinski definition) is 6. The van der Waals surface area contributed by atoms with Gasteiger partial charge in [-0.25, -0.2) is 4.68 Å². The highest BCUT2D eigenvalue weighted by molar-refractivity contribution is 8.00. The predicted octanol–water partition coefficient (Wildman–Crippen LogP) is 5.09. The number of benzene rings is 2. The summed E-state index contributed by atoms with van der Waals surface area (Å²) in [6.45, 7) is 5.59. The molecule has 36 heavy (non-hydrogen) atoms. The van der Waals surface area contributed by atoms with Crippen molar-refractivity contribution in [2.75, 3.05) is 31.4 Å². The van der Waals surface area contributed by atoms with Crippen molar-refractivity contribution in [3.05, 3.63) is 64.3 Å². The van der Waals surface area contributed by atoms with Crippen molar-refractivity contribution in [3.63, 3.8) is 0 Å². The number of ether oxygens (including phenoxy) is 2. The molecule has 1 atom stereocenters. The van der Waals surface area contributed by atoms with Crippen molar-refractivity contribution in [3.8, 4) is 17.2 Å². The number of para-hydroxylation sites is 1. The number of carboxylic acids is 1. The standard InChI is InChI=1S/C26H28ClN3O5S/c1-26(2,3)24-22-23(16-12-15(34-4)10-11-19(16)35-5)36-14-20(31)29(13-21(32)33)25(22)30(28-24)18-9-7-6-8-17(18)27/h6-12,23H,13-14H2,1-5H3,(H,32,33). The van der Waals surface area contributed by atoms with Crippen LogP contribution in [0, 0.1) is 0 Å². The molecule has 1 aliphatic rings. The fourth-order valence-corrected chi connectivity index (χ4v) is 5.72. The van der Waals surface area contributed by atoms with Crippen molar-refractivity contribution >= 4 is 41.1 Å². The summed E-state index contributed by atoms with van der Waals surface area (Å²) in [6, 6.07) is 12.7. The largest absolute Gasteiger partial charge is 0.497 e. The Hall–Kier alpha value is -3.17. The van der Waals surface area contributed by atoms with E-state index in [-0.39, 0.29) is 11.7 Å². The summed E-state index contributed by atoms with van der Waals surface area (Å²) < 4.78 is 12.8. The van der Waals surface area contributed by atoms with Crippen molar-refractivity contribution in [1.29, 1.82) is 0 Å². The topological polar surface area (TPSA) is 93.9 Å². The van der Waals surface area contributed by atoms with Crippen LogP contribution in [0.5, 0.6) is 11.5 Å². The highest BCUT2D eigenvalue weighted by Gasteiger charge is 2.41. The third-order valence-electron chi connectivity index (χ3n) is 5.89. The monoisotopic (exact) mass is 529 g/mol. The molecule has 0 saturated carbocycles. The van der Waals surface area contributed by atoms with Crippen molar-refractivity contribution < 1.29 is 24.2 Å². The number of anilines is 1. The fourth-order valence-electron chi connectivity index (χ4n) is 4.29. The van der Waals surface area contributed by atoms with Crippen LogP contribution < -0.4 is 14.4 Å². The molecule has 4 rings (SSSR count). The van der Waals surface area contributed by atoms with Crippen LogP contribution in [0.4, 0.5) is 5.82 Å². The number of hydrogen-bond donors (Lipinski definition) is 1. The summed E-state index contributed by atoms with van der Waals surface area (Å²) in [5.74, 6) is 0.271. The molecule has 2 aromatic carbocycles. The molecule has 1 amide bonds. The van der Waals surface area contributed by atoms with E-state index < -0.39 is 23.2 Å². The predicted molar refractivity (Wildman–Crippen MR) is 141 cm³/mol. The summed E-state index contributed by atoms with van der Waals surface area (Å²) in [5.41, 5.74) is 2.38. The molecule has 10 heteroatoms. The van der Waals surface area contributed by atoms with Gasteiger partial charge in [-0.3, -0.25) is 14.5 Å². The lowest BCUT2D eigenvalue weighted by Gasteiger charge is -2.25. The number of thioether (sulfide) groups is 1. The number of carbonyl (C=O) groups excluding carboxylic acids is 1. The minimum Gasteiger partial charge on any atom is -0.497 e. The van der Waals surface area contributed by atoms with E-state index in [1.807, 2.05) is 45.0 Å². The maximum Gasteiger partial charge on any atom is 0.323 e. The first-order valence-corrected chi connectivity index (χ1v) is 12.7. The molecule has 8 nitrogen and oxygen atoms in total. The normalized spacial score (nSPS) is 15.9. The Morgan fingerprint density at radius 2 is 1.92 bits per heavy atom. The van der Waals surface area contributed by atoms with Gasteiger partial charge in [-0.1, -0.05) is 44.5 Å². The van der Waals surface area contributed by atoms with E-state index in [0.29, 0.717) is 28.0 Å². The Morgan fingerprint density at radius 1 is 1.19 bits per heavy atom. The van der Waals surface area contributed by atoms with E-state index in [0.717, 1.165) is 16.8 Å². The highest BCUT2D eigenvalue weighted by atomic mass is 35.5. The highest BCUT2D eigenvalue weighted by Crippen LogP contribution is 2.51. The van der Waals surface area contributed by atoms with Gasteiger partial charge in [0, 0.05) is 16.5 Å². The van der Waals surface area contributed by atoms with Gasteiger partial charge in [0.25, 0.3) is 0 Å². The molecule has 3 aromatic rings. The number of aromatic nitrogens is 2. The summed E-state index contributed by atoms with van der Waals surface area (Å²) in [4.78, 5) is 26.6. The van der Waals surface area contributed by atoms with Gasteiger partial charge >= 0.3 is 5.97 Å². The van der Waals surface area contributed by atoms with Crippen molar-refractivity contribution in [1.82, 2.24) is 9.78 Å². The van der Waals surface area contributed by atoms with E-state index in [2.05, 4.69) is 0 Å². The Bertz CT molecular complexity index is 1320. The molecule has 0 saturated heterocycles. The van der Waals surface area contributed by atoms with Crippen LogP contribution in [0.15, 0.2) is 42.5 Å². The Morgan fingerprint density at radius 3 is 2.53 bits per heavy atom.